The second-order valence-corrected chi connectivity index (χ2v) is 5.45. The van der Waals surface area contributed by atoms with Crippen molar-refractivity contribution < 1.29 is 24.9 Å². The zero-order chi connectivity index (χ0) is 16.0. The monoisotopic (exact) mass is 314 g/mol. The fourth-order valence-electron chi connectivity index (χ4n) is 1.68. The second-order valence-electron chi connectivity index (χ2n) is 4.39. The van der Waals surface area contributed by atoms with Crippen LogP contribution in [0.4, 0.5) is 0 Å². The lowest BCUT2D eigenvalue weighted by Gasteiger charge is -2.15. The smallest absolute Gasteiger partial charge is 0.327 e. The first-order chi connectivity index (χ1) is 9.85. The summed E-state index contributed by atoms with van der Waals surface area (Å²) < 4.78 is 0. The maximum Gasteiger partial charge on any atom is 0.327 e. The number of phenolic OH excluding ortho intramolecular Hbond substituents is 2. The number of aromatic hydroxyl groups is 2. The number of amides is 1. The fourth-order valence-corrected chi connectivity index (χ4v) is 2.79. The average Bonchev–Trinajstić information content (AvgIpc) is 2.39. The van der Waals surface area contributed by atoms with Crippen molar-refractivity contribution in [3.63, 3.8) is 0 Å². The number of benzene rings is 1. The van der Waals surface area contributed by atoms with Gasteiger partial charge in [0.05, 0.1) is 0 Å². The van der Waals surface area contributed by atoms with E-state index in [1.165, 1.54) is 30.8 Å². The summed E-state index contributed by atoms with van der Waals surface area (Å²) in [6, 6.07) is 1.73. The Balaban J connectivity index is 2.87. The largest absolute Gasteiger partial charge is 0.504 e. The predicted octanol–water partition coefficient (Wildman–Crippen LogP) is 0.280. The molecule has 1 rings (SSSR count). The predicted molar refractivity (Wildman–Crippen MR) is 78.5 cm³/mol. The highest BCUT2D eigenvalue weighted by Gasteiger charge is 2.19. The molecule has 0 unspecified atom stereocenters. The van der Waals surface area contributed by atoms with E-state index in [-0.39, 0.29) is 17.3 Å². The van der Waals surface area contributed by atoms with Gasteiger partial charge in [0.1, 0.15) is 6.04 Å². The Morgan fingerprint density at radius 1 is 1.33 bits per heavy atom. The molecule has 0 aromatic heterocycles. The number of carboxylic acid groups (broad SMARTS) is 1. The Hall–Kier alpha value is -1.93. The van der Waals surface area contributed by atoms with Crippen molar-refractivity contribution in [3.8, 4) is 11.5 Å². The summed E-state index contributed by atoms with van der Waals surface area (Å²) in [5.41, 5.74) is 6.20. The number of carbonyl (C=O) groups is 2. The van der Waals surface area contributed by atoms with Crippen molar-refractivity contribution in [1.29, 1.82) is 0 Å². The Morgan fingerprint density at radius 3 is 2.48 bits per heavy atom. The molecule has 0 saturated carbocycles. The molecule has 0 radical (unpaired) electrons. The number of phenols is 2. The lowest BCUT2D eigenvalue weighted by atomic mass is 10.1. The highest BCUT2D eigenvalue weighted by Crippen LogP contribution is 2.34. The van der Waals surface area contributed by atoms with Gasteiger partial charge in [-0.1, -0.05) is 0 Å². The van der Waals surface area contributed by atoms with Crippen molar-refractivity contribution >= 4 is 23.6 Å². The number of carboxylic acids is 1. The number of hydrogen-bond donors (Lipinski definition) is 5. The molecular weight excluding hydrogens is 296 g/mol. The van der Waals surface area contributed by atoms with E-state index in [1.54, 1.807) is 0 Å². The van der Waals surface area contributed by atoms with Crippen molar-refractivity contribution in [2.24, 2.45) is 5.73 Å². The van der Waals surface area contributed by atoms with Gasteiger partial charge >= 0.3 is 5.97 Å². The van der Waals surface area contributed by atoms with Gasteiger partial charge in [0, 0.05) is 17.6 Å². The number of aliphatic carboxylic acids is 1. The number of rotatable bonds is 7. The summed E-state index contributed by atoms with van der Waals surface area (Å²) in [5.74, 6) is -2.01. The van der Waals surface area contributed by atoms with Gasteiger partial charge in [0.2, 0.25) is 5.91 Å². The van der Waals surface area contributed by atoms with Crippen molar-refractivity contribution in [3.05, 3.63) is 17.7 Å². The molecule has 7 nitrogen and oxygen atoms in total. The molecule has 1 aromatic carbocycles. The van der Waals surface area contributed by atoms with Crippen LogP contribution in [0, 0.1) is 0 Å². The van der Waals surface area contributed by atoms with E-state index in [9.17, 15) is 19.8 Å². The zero-order valence-electron chi connectivity index (χ0n) is 11.5. The zero-order valence-corrected chi connectivity index (χ0v) is 12.3. The standard InChI is InChI=1S/C13H18N2O5S/c1-7(16)15-9(13(19)20)6-21-12-5-11(18)10(17)4-8(12)2-3-14/h4-5,9,17-18H,2-3,6,14H2,1H3,(H,15,16)(H,19,20)/t9-/m0/s1. The molecule has 0 heterocycles. The summed E-state index contributed by atoms with van der Waals surface area (Å²) in [6.45, 7) is 1.60. The third kappa shape index (κ3) is 5.16. The van der Waals surface area contributed by atoms with E-state index < -0.39 is 17.9 Å². The molecule has 0 fully saturated rings. The molecule has 0 saturated heterocycles. The van der Waals surface area contributed by atoms with E-state index >= 15 is 0 Å². The average molecular weight is 314 g/mol. The number of thioether (sulfide) groups is 1. The van der Waals surface area contributed by atoms with Crippen LogP contribution in [0.3, 0.4) is 0 Å². The molecule has 0 aliphatic rings. The maximum atomic E-state index is 11.1. The Bertz CT molecular complexity index is 536. The van der Waals surface area contributed by atoms with Crippen LogP contribution in [0.2, 0.25) is 0 Å². The Kier molecular flexibility index (Phi) is 6.32. The highest BCUT2D eigenvalue weighted by molar-refractivity contribution is 7.99. The normalized spacial score (nSPS) is 11.9. The SMILES string of the molecule is CC(=O)N[C@@H](CSc1cc(O)c(O)cc1CCN)C(=O)O. The first kappa shape index (κ1) is 17.1. The maximum absolute atomic E-state index is 11.1. The van der Waals surface area contributed by atoms with Gasteiger partial charge in [0.15, 0.2) is 11.5 Å². The Labute approximate surface area is 126 Å². The summed E-state index contributed by atoms with van der Waals surface area (Å²) in [4.78, 5) is 22.6. The minimum absolute atomic E-state index is 0.0939. The quantitative estimate of drug-likeness (QED) is 0.360. The molecule has 1 aromatic rings. The summed E-state index contributed by atoms with van der Waals surface area (Å²) >= 11 is 1.17. The summed E-state index contributed by atoms with van der Waals surface area (Å²) in [6.07, 6.45) is 0.480. The molecule has 0 aliphatic carbocycles. The summed E-state index contributed by atoms with van der Waals surface area (Å²) in [7, 11) is 0. The minimum Gasteiger partial charge on any atom is -0.504 e. The molecule has 8 heteroatoms. The highest BCUT2D eigenvalue weighted by atomic mass is 32.2. The van der Waals surface area contributed by atoms with Gasteiger partial charge in [-0.3, -0.25) is 4.79 Å². The van der Waals surface area contributed by atoms with Gasteiger partial charge < -0.3 is 26.4 Å². The number of nitrogens with one attached hydrogen (secondary N) is 1. The third-order valence-electron chi connectivity index (χ3n) is 2.65. The van der Waals surface area contributed by atoms with E-state index in [0.29, 0.717) is 23.4 Å². The van der Waals surface area contributed by atoms with Crippen LogP contribution in [-0.2, 0) is 16.0 Å². The molecule has 0 bridgehead atoms. The van der Waals surface area contributed by atoms with Crippen LogP contribution in [0.25, 0.3) is 0 Å². The fraction of sp³-hybridized carbons (Fsp3) is 0.385. The Morgan fingerprint density at radius 2 is 1.95 bits per heavy atom. The number of carbonyl (C=O) groups excluding carboxylic acids is 1. The van der Waals surface area contributed by atoms with Crippen LogP contribution in [0.1, 0.15) is 12.5 Å². The number of nitrogens with two attached hydrogens (primary N) is 1. The first-order valence-corrected chi connectivity index (χ1v) is 7.21. The minimum atomic E-state index is -1.14. The van der Waals surface area contributed by atoms with Gasteiger partial charge in [-0.05, 0) is 30.7 Å². The molecule has 0 aliphatic heterocycles. The van der Waals surface area contributed by atoms with E-state index in [4.69, 9.17) is 10.8 Å². The lowest BCUT2D eigenvalue weighted by molar-refractivity contribution is -0.140. The molecule has 6 N–H and O–H groups in total. The van der Waals surface area contributed by atoms with E-state index in [0.717, 1.165) is 0 Å². The van der Waals surface area contributed by atoms with Gasteiger partial charge in [0.25, 0.3) is 0 Å². The topological polar surface area (TPSA) is 133 Å². The second kappa shape index (κ2) is 7.75. The molecule has 0 spiro atoms. The molecule has 21 heavy (non-hydrogen) atoms. The molecular formula is C13H18N2O5S. The van der Waals surface area contributed by atoms with E-state index in [1.807, 2.05) is 0 Å². The van der Waals surface area contributed by atoms with E-state index in [2.05, 4.69) is 5.32 Å². The molecule has 1 amide bonds. The molecule has 1 atom stereocenters. The van der Waals surface area contributed by atoms with Crippen molar-refractivity contribution in [1.82, 2.24) is 5.32 Å². The van der Waals surface area contributed by atoms with Crippen LogP contribution in [0.15, 0.2) is 17.0 Å². The third-order valence-corrected chi connectivity index (χ3v) is 3.84. The lowest BCUT2D eigenvalue weighted by Crippen LogP contribution is -2.41. The van der Waals surface area contributed by atoms with Crippen molar-refractivity contribution in [2.75, 3.05) is 12.3 Å². The first-order valence-electron chi connectivity index (χ1n) is 6.22. The van der Waals surface area contributed by atoms with Gasteiger partial charge in [-0.2, -0.15) is 0 Å². The van der Waals surface area contributed by atoms with Gasteiger partial charge in [-0.25, -0.2) is 4.79 Å². The van der Waals surface area contributed by atoms with Crippen molar-refractivity contribution in [2.45, 2.75) is 24.3 Å². The molecule has 116 valence electrons. The van der Waals surface area contributed by atoms with Gasteiger partial charge in [-0.15, -0.1) is 11.8 Å². The summed E-state index contributed by atoms with van der Waals surface area (Å²) in [5, 5.41) is 30.4. The van der Waals surface area contributed by atoms with Crippen LogP contribution < -0.4 is 11.1 Å². The van der Waals surface area contributed by atoms with Crippen LogP contribution >= 0.6 is 11.8 Å². The van der Waals surface area contributed by atoms with Crippen LogP contribution in [0.5, 0.6) is 11.5 Å². The number of hydrogen-bond acceptors (Lipinski definition) is 6. The van der Waals surface area contributed by atoms with Crippen LogP contribution in [-0.4, -0.2) is 45.5 Å².